The molecule has 0 aromatic heterocycles. The van der Waals surface area contributed by atoms with E-state index in [-0.39, 0.29) is 0 Å². The van der Waals surface area contributed by atoms with Crippen molar-refractivity contribution in [3.05, 3.63) is 29.3 Å². The Morgan fingerprint density at radius 3 is 2.60 bits per heavy atom. The van der Waals surface area contributed by atoms with E-state index in [0.717, 1.165) is 18.4 Å². The van der Waals surface area contributed by atoms with Gasteiger partial charge in [0.1, 0.15) is 11.8 Å². The van der Waals surface area contributed by atoms with Gasteiger partial charge in [0.25, 0.3) is 0 Å². The van der Waals surface area contributed by atoms with Crippen LogP contribution >= 0.6 is 0 Å². The molecule has 0 spiro atoms. The summed E-state index contributed by atoms with van der Waals surface area (Å²) < 4.78 is 11.2. The zero-order valence-corrected chi connectivity index (χ0v) is 12.6. The maximum absolute atomic E-state index is 8.96. The first-order chi connectivity index (χ1) is 9.54. The molecule has 0 bridgehead atoms. The van der Waals surface area contributed by atoms with Crippen LogP contribution < -0.4 is 4.74 Å². The number of methoxy groups -OCH3 is 1. The molecule has 0 saturated heterocycles. The summed E-state index contributed by atoms with van der Waals surface area (Å²) in [4.78, 5) is 0. The lowest BCUT2D eigenvalue weighted by Crippen LogP contribution is -2.26. The summed E-state index contributed by atoms with van der Waals surface area (Å²) in [7, 11) is 1.59. The summed E-state index contributed by atoms with van der Waals surface area (Å²) in [5, 5.41) is 8.96. The Morgan fingerprint density at radius 1 is 1.30 bits per heavy atom. The lowest BCUT2D eigenvalue weighted by molar-refractivity contribution is -0.00563. The minimum atomic E-state index is 0.365. The molecule has 1 aliphatic carbocycles. The third-order valence-electron chi connectivity index (χ3n) is 4.16. The molecule has 0 heterocycles. The minimum absolute atomic E-state index is 0.365. The Morgan fingerprint density at radius 2 is 2.00 bits per heavy atom. The number of benzene rings is 1. The number of nitriles is 1. The van der Waals surface area contributed by atoms with Crippen LogP contribution in [0.4, 0.5) is 0 Å². The third-order valence-corrected chi connectivity index (χ3v) is 4.16. The SMILES string of the molecule is COc1cc(COC2CCC(C)(C)CC2)ccc1C#N. The van der Waals surface area contributed by atoms with Gasteiger partial charge in [0.15, 0.2) is 0 Å². The maximum Gasteiger partial charge on any atom is 0.136 e. The highest BCUT2D eigenvalue weighted by molar-refractivity contribution is 5.45. The van der Waals surface area contributed by atoms with Crippen LogP contribution in [0, 0.1) is 16.7 Å². The van der Waals surface area contributed by atoms with Gasteiger partial charge >= 0.3 is 0 Å². The number of rotatable bonds is 4. The molecule has 1 aromatic carbocycles. The molecule has 3 nitrogen and oxygen atoms in total. The van der Waals surface area contributed by atoms with Crippen molar-refractivity contribution in [3.63, 3.8) is 0 Å². The van der Waals surface area contributed by atoms with Gasteiger partial charge in [-0.3, -0.25) is 0 Å². The Labute approximate surface area is 121 Å². The van der Waals surface area contributed by atoms with E-state index >= 15 is 0 Å². The van der Waals surface area contributed by atoms with Crippen molar-refractivity contribution in [2.75, 3.05) is 7.11 Å². The summed E-state index contributed by atoms with van der Waals surface area (Å²) in [5.41, 5.74) is 2.10. The first-order valence-electron chi connectivity index (χ1n) is 7.23. The second kappa shape index (κ2) is 6.28. The summed E-state index contributed by atoms with van der Waals surface area (Å²) in [6.45, 7) is 5.25. The van der Waals surface area contributed by atoms with Crippen LogP contribution in [-0.2, 0) is 11.3 Å². The van der Waals surface area contributed by atoms with Gasteiger partial charge in [-0.05, 0) is 48.8 Å². The molecule has 0 atom stereocenters. The predicted octanol–water partition coefficient (Wildman–Crippen LogP) is 4.05. The topological polar surface area (TPSA) is 42.2 Å². The molecule has 0 radical (unpaired) electrons. The van der Waals surface area contributed by atoms with Crippen LogP contribution in [0.3, 0.4) is 0 Å². The Bertz CT molecular complexity index is 492. The highest BCUT2D eigenvalue weighted by Gasteiger charge is 2.27. The van der Waals surface area contributed by atoms with Gasteiger partial charge < -0.3 is 9.47 Å². The van der Waals surface area contributed by atoms with Crippen LogP contribution in [0.15, 0.2) is 18.2 Å². The van der Waals surface area contributed by atoms with Gasteiger partial charge in [0, 0.05) is 0 Å². The molecular formula is C17H23NO2. The molecule has 108 valence electrons. The van der Waals surface area contributed by atoms with Gasteiger partial charge in [0.05, 0.1) is 25.4 Å². The number of nitrogens with zero attached hydrogens (tertiary/aromatic N) is 1. The summed E-state index contributed by atoms with van der Waals surface area (Å²) >= 11 is 0. The molecule has 0 N–H and O–H groups in total. The maximum atomic E-state index is 8.96. The average Bonchev–Trinajstić information content (AvgIpc) is 2.45. The van der Waals surface area contributed by atoms with Gasteiger partial charge in [-0.1, -0.05) is 19.9 Å². The summed E-state index contributed by atoms with van der Waals surface area (Å²) in [6.07, 6.45) is 5.11. The monoisotopic (exact) mass is 273 g/mol. The fourth-order valence-electron chi connectivity index (χ4n) is 2.67. The van der Waals surface area contributed by atoms with Crippen molar-refractivity contribution in [3.8, 4) is 11.8 Å². The van der Waals surface area contributed by atoms with E-state index in [4.69, 9.17) is 14.7 Å². The first kappa shape index (κ1) is 14.9. The van der Waals surface area contributed by atoms with E-state index < -0.39 is 0 Å². The number of ether oxygens (including phenoxy) is 2. The molecule has 0 unspecified atom stereocenters. The Kier molecular flexibility index (Phi) is 4.67. The van der Waals surface area contributed by atoms with Crippen LogP contribution in [0.2, 0.25) is 0 Å². The van der Waals surface area contributed by atoms with Gasteiger partial charge in [-0.25, -0.2) is 0 Å². The van der Waals surface area contributed by atoms with Crippen molar-refractivity contribution in [1.82, 2.24) is 0 Å². The fraction of sp³-hybridized carbons (Fsp3) is 0.588. The average molecular weight is 273 g/mol. The van der Waals surface area contributed by atoms with Gasteiger partial charge in [-0.15, -0.1) is 0 Å². The van der Waals surface area contributed by atoms with Crippen LogP contribution in [0.5, 0.6) is 5.75 Å². The Hall–Kier alpha value is -1.53. The van der Waals surface area contributed by atoms with Gasteiger partial charge in [0.2, 0.25) is 0 Å². The van der Waals surface area contributed by atoms with E-state index in [1.807, 2.05) is 12.1 Å². The highest BCUT2D eigenvalue weighted by Crippen LogP contribution is 2.36. The fourth-order valence-corrected chi connectivity index (χ4v) is 2.67. The molecule has 1 aliphatic rings. The predicted molar refractivity (Wildman–Crippen MR) is 78.5 cm³/mol. The van der Waals surface area contributed by atoms with E-state index in [1.54, 1.807) is 13.2 Å². The summed E-state index contributed by atoms with van der Waals surface area (Å²) in [6, 6.07) is 7.75. The standard InChI is InChI=1S/C17H23NO2/c1-17(2)8-6-15(7-9-17)20-12-13-4-5-14(11-18)16(10-13)19-3/h4-5,10,15H,6-9,12H2,1-3H3. The van der Waals surface area contributed by atoms with Crippen LogP contribution in [0.25, 0.3) is 0 Å². The van der Waals surface area contributed by atoms with Crippen molar-refractivity contribution >= 4 is 0 Å². The second-order valence-electron chi connectivity index (χ2n) is 6.32. The van der Waals surface area contributed by atoms with Crippen LogP contribution in [0.1, 0.15) is 50.7 Å². The Balaban J connectivity index is 1.90. The lowest BCUT2D eigenvalue weighted by Gasteiger charge is -2.34. The second-order valence-corrected chi connectivity index (χ2v) is 6.32. The smallest absolute Gasteiger partial charge is 0.136 e. The van der Waals surface area contributed by atoms with Crippen molar-refractivity contribution < 1.29 is 9.47 Å². The van der Waals surface area contributed by atoms with Crippen molar-refractivity contribution in [1.29, 1.82) is 5.26 Å². The zero-order chi connectivity index (χ0) is 14.6. The quantitative estimate of drug-likeness (QED) is 0.831. The minimum Gasteiger partial charge on any atom is -0.495 e. The van der Waals surface area contributed by atoms with Crippen LogP contribution in [-0.4, -0.2) is 13.2 Å². The first-order valence-corrected chi connectivity index (χ1v) is 7.23. The largest absolute Gasteiger partial charge is 0.495 e. The van der Waals surface area contributed by atoms with E-state index in [1.165, 1.54) is 12.8 Å². The number of hydrogen-bond donors (Lipinski definition) is 0. The van der Waals surface area contributed by atoms with E-state index in [2.05, 4.69) is 19.9 Å². The van der Waals surface area contributed by atoms with Gasteiger partial charge in [-0.2, -0.15) is 5.26 Å². The molecule has 20 heavy (non-hydrogen) atoms. The molecule has 1 aromatic rings. The van der Waals surface area contributed by atoms with E-state index in [0.29, 0.717) is 29.4 Å². The van der Waals surface area contributed by atoms with Crippen molar-refractivity contribution in [2.45, 2.75) is 52.2 Å². The normalized spacial score (nSPS) is 18.5. The highest BCUT2D eigenvalue weighted by atomic mass is 16.5. The molecule has 3 heteroatoms. The molecule has 1 saturated carbocycles. The van der Waals surface area contributed by atoms with E-state index in [9.17, 15) is 0 Å². The molecule has 0 aliphatic heterocycles. The molecule has 0 amide bonds. The lowest BCUT2D eigenvalue weighted by atomic mass is 9.76. The zero-order valence-electron chi connectivity index (χ0n) is 12.6. The third kappa shape index (κ3) is 3.74. The molecular weight excluding hydrogens is 250 g/mol. The van der Waals surface area contributed by atoms with Crippen molar-refractivity contribution in [2.24, 2.45) is 5.41 Å². The molecule has 1 fully saturated rings. The summed E-state index contributed by atoms with van der Waals surface area (Å²) in [5.74, 6) is 0.623. The molecule has 2 rings (SSSR count). The number of hydrogen-bond acceptors (Lipinski definition) is 3.